The number of hydrogen-bond donors (Lipinski definition) is 0. The third-order valence-corrected chi connectivity index (χ3v) is 2.87. The molecule has 2 aromatic carbocycles. The Labute approximate surface area is 141 Å². The first kappa shape index (κ1) is 4.69. The Morgan fingerprint density at radius 2 is 1.35 bits per heavy atom. The highest BCUT2D eigenvalue weighted by atomic mass is 15.3. The van der Waals surface area contributed by atoms with Crippen LogP contribution < -0.4 is 0 Å². The fourth-order valence-electron chi connectivity index (χ4n) is 1.88. The Hall–Kier alpha value is -1.64. The summed E-state index contributed by atoms with van der Waals surface area (Å²) in [4.78, 5) is 1.99. The van der Waals surface area contributed by atoms with E-state index in [0.29, 0.717) is 4.90 Å². The molecule has 2 aromatic rings. The van der Waals surface area contributed by atoms with E-state index in [2.05, 4.69) is 0 Å². The van der Waals surface area contributed by atoms with Crippen LogP contribution in [0.2, 0.25) is 0 Å². The molecule has 0 atom stereocenters. The molecular weight excluding hydrogens is 244 g/mol. The van der Waals surface area contributed by atoms with Gasteiger partial charge < -0.3 is 4.90 Å². The molecule has 3 rings (SSSR count). The molecule has 2 heteroatoms. The van der Waals surface area contributed by atoms with Crippen LogP contribution in [0.3, 0.4) is 0 Å². The van der Waals surface area contributed by atoms with Crippen LogP contribution in [0.25, 0.3) is 0 Å². The van der Waals surface area contributed by atoms with Gasteiger partial charge in [0.2, 0.25) is 0 Å². The van der Waals surface area contributed by atoms with Gasteiger partial charge in [-0.2, -0.15) is 0 Å². The molecule has 0 bridgehead atoms. The summed E-state index contributed by atoms with van der Waals surface area (Å²) in [6.07, 6.45) is 0. The van der Waals surface area contributed by atoms with Crippen molar-refractivity contribution >= 4 is 0 Å². The van der Waals surface area contributed by atoms with Gasteiger partial charge in [0.1, 0.15) is 0 Å². The number of likely N-dealkylation sites (N-methyl/N-ethyl adjacent to an activating group) is 1. The second kappa shape index (κ2) is 6.21. The van der Waals surface area contributed by atoms with Gasteiger partial charge in [0.15, 0.2) is 0 Å². The van der Waals surface area contributed by atoms with Crippen molar-refractivity contribution in [2.24, 2.45) is 0 Å². The van der Waals surface area contributed by atoms with Crippen molar-refractivity contribution in [3.05, 3.63) is 71.6 Å². The predicted molar refractivity (Wildman–Crippen MR) is 83.8 cm³/mol. The van der Waals surface area contributed by atoms with Crippen LogP contribution in [0.1, 0.15) is 36.4 Å². The van der Waals surface area contributed by atoms with Crippen LogP contribution in [-0.2, 0) is 0 Å². The maximum Gasteiger partial charge on any atom is 0.0626 e. The maximum atomic E-state index is 8.58. The summed E-state index contributed by atoms with van der Waals surface area (Å²) >= 11 is 0. The quantitative estimate of drug-likeness (QED) is 0.853. The van der Waals surface area contributed by atoms with E-state index >= 15 is 0 Å². The number of rotatable bonds is 3. The standard InChI is InChI=1S/C18H22N2/c1-19-12-14-20(15-13-19)18(16-8-4-2-5-9-16)17-10-6-3-7-11-17/h2-11,18H,12-15H2,1H3/i2D,3D,4D,5D,6D,7D,8D,9D,10D,11D,14D2,15D2. The van der Waals surface area contributed by atoms with E-state index in [1.165, 1.54) is 11.9 Å². The fourth-order valence-corrected chi connectivity index (χ4v) is 1.88. The van der Waals surface area contributed by atoms with E-state index < -0.39 is 90.6 Å². The van der Waals surface area contributed by atoms with Crippen LogP contribution in [0, 0.1) is 0 Å². The van der Waals surface area contributed by atoms with Gasteiger partial charge in [0, 0.05) is 31.6 Å². The zero-order valence-electron chi connectivity index (χ0n) is 24.9. The number of hydrogen-bond acceptors (Lipinski definition) is 2. The second-order valence-electron chi connectivity index (χ2n) is 4.34. The zero-order valence-corrected chi connectivity index (χ0v) is 10.9. The molecule has 0 aromatic heterocycles. The molecule has 0 aliphatic carbocycles. The van der Waals surface area contributed by atoms with E-state index in [1.54, 1.807) is 0 Å². The predicted octanol–water partition coefficient (Wildman–Crippen LogP) is 3.02. The lowest BCUT2D eigenvalue weighted by Crippen LogP contribution is -2.46. The molecule has 1 aliphatic rings. The van der Waals surface area contributed by atoms with Crippen LogP contribution in [0.15, 0.2) is 60.4 Å². The van der Waals surface area contributed by atoms with Crippen LogP contribution >= 0.6 is 0 Å². The molecule has 104 valence electrons. The molecule has 1 saturated heterocycles. The molecule has 0 unspecified atom stereocenters. The molecule has 0 saturated carbocycles. The molecule has 2 nitrogen and oxygen atoms in total. The Balaban J connectivity index is 2.54. The minimum Gasteiger partial charge on any atom is -0.304 e. The van der Waals surface area contributed by atoms with Gasteiger partial charge in [-0.15, -0.1) is 0 Å². The van der Waals surface area contributed by atoms with Gasteiger partial charge in [-0.3, -0.25) is 4.90 Å². The lowest BCUT2D eigenvalue weighted by atomic mass is 9.96. The molecule has 0 spiro atoms. The van der Waals surface area contributed by atoms with Gasteiger partial charge in [0.05, 0.1) is 19.7 Å². The van der Waals surface area contributed by atoms with Gasteiger partial charge in [-0.05, 0) is 18.2 Å². The van der Waals surface area contributed by atoms with Crippen LogP contribution in [0.4, 0.5) is 0 Å². The van der Waals surface area contributed by atoms with Crippen molar-refractivity contribution in [2.75, 3.05) is 33.1 Å². The first-order valence-electron chi connectivity index (χ1n) is 13.1. The third kappa shape index (κ3) is 2.92. The van der Waals surface area contributed by atoms with Crippen molar-refractivity contribution in [3.8, 4) is 0 Å². The number of nitrogens with zero attached hydrogens (tertiary/aromatic N) is 2. The summed E-state index contributed by atoms with van der Waals surface area (Å²) < 4.78 is 116. The van der Waals surface area contributed by atoms with E-state index in [-0.39, 0.29) is 13.1 Å². The van der Waals surface area contributed by atoms with Crippen molar-refractivity contribution in [2.45, 2.75) is 6.04 Å². The summed E-state index contributed by atoms with van der Waals surface area (Å²) in [5.41, 5.74) is -1.16. The minimum absolute atomic E-state index is 0.347. The summed E-state index contributed by atoms with van der Waals surface area (Å²) in [5, 5.41) is 0. The highest BCUT2D eigenvalue weighted by molar-refractivity contribution is 5.31. The topological polar surface area (TPSA) is 6.48 Å². The van der Waals surface area contributed by atoms with Gasteiger partial charge in [0.25, 0.3) is 0 Å². The van der Waals surface area contributed by atoms with Crippen molar-refractivity contribution < 1.29 is 19.2 Å². The molecule has 0 N–H and O–H groups in total. The van der Waals surface area contributed by atoms with Gasteiger partial charge in [-0.1, -0.05) is 60.4 Å². The number of piperazine rings is 1. The molecule has 1 heterocycles. The smallest absolute Gasteiger partial charge is 0.0626 e. The van der Waals surface area contributed by atoms with E-state index in [1.807, 2.05) is 0 Å². The average Bonchev–Trinajstić information content (AvgIpc) is 2.71. The average molecular weight is 280 g/mol. The van der Waals surface area contributed by atoms with Crippen molar-refractivity contribution in [1.82, 2.24) is 9.80 Å². The van der Waals surface area contributed by atoms with Gasteiger partial charge >= 0.3 is 0 Å². The Morgan fingerprint density at radius 1 is 0.900 bits per heavy atom. The Kier molecular flexibility index (Phi) is 1.45. The normalized spacial score (nSPS) is 32.5. The third-order valence-electron chi connectivity index (χ3n) is 2.87. The molecule has 0 radical (unpaired) electrons. The van der Waals surface area contributed by atoms with Crippen molar-refractivity contribution in [3.63, 3.8) is 0 Å². The molecule has 1 fully saturated rings. The summed E-state index contributed by atoms with van der Waals surface area (Å²) in [7, 11) is 1.48. The molecule has 20 heavy (non-hydrogen) atoms. The van der Waals surface area contributed by atoms with E-state index in [0.717, 1.165) is 0 Å². The fraction of sp³-hybridized carbons (Fsp3) is 0.333. The van der Waals surface area contributed by atoms with E-state index in [4.69, 9.17) is 19.2 Å². The van der Waals surface area contributed by atoms with E-state index in [9.17, 15) is 0 Å². The first-order valence-corrected chi connectivity index (χ1v) is 6.07. The summed E-state index contributed by atoms with van der Waals surface area (Å²) in [6, 6.07) is -9.63. The molecule has 1 aliphatic heterocycles. The minimum atomic E-state index is -2.52. The lowest BCUT2D eigenvalue weighted by molar-refractivity contribution is 0.127. The summed E-state index contributed by atoms with van der Waals surface area (Å²) in [6.45, 7) is -5.74. The van der Waals surface area contributed by atoms with Crippen molar-refractivity contribution in [1.29, 1.82) is 0 Å². The Bertz CT molecular complexity index is 1020. The highest BCUT2D eigenvalue weighted by Gasteiger charge is 2.24. The second-order valence-corrected chi connectivity index (χ2v) is 4.34. The van der Waals surface area contributed by atoms with Crippen LogP contribution in [0.5, 0.6) is 0 Å². The maximum absolute atomic E-state index is 8.58. The Morgan fingerprint density at radius 3 is 1.80 bits per heavy atom. The largest absolute Gasteiger partial charge is 0.304 e. The number of benzene rings is 2. The first-order chi connectivity index (χ1) is 15.5. The molecular formula is C18H22N2. The van der Waals surface area contributed by atoms with Gasteiger partial charge in [-0.25, -0.2) is 0 Å². The lowest BCUT2D eigenvalue weighted by Gasteiger charge is -2.38. The molecule has 0 amide bonds. The zero-order chi connectivity index (χ0) is 26.1. The SMILES string of the molecule is [2H]c1c([2H])c([2H])c(C(c2c([2H])c([2H])c([2H])c([2H])c2[2H])N2C([2H])([2H])CN(C)CC2([2H])[2H])c([2H])c1[2H]. The monoisotopic (exact) mass is 280 g/mol. The summed E-state index contributed by atoms with van der Waals surface area (Å²) in [5.74, 6) is 0. The highest BCUT2D eigenvalue weighted by Crippen LogP contribution is 2.29. The van der Waals surface area contributed by atoms with Crippen LogP contribution in [-0.4, -0.2) is 42.9 Å².